The summed E-state index contributed by atoms with van der Waals surface area (Å²) in [4.78, 5) is 38.2. The Labute approximate surface area is 192 Å². The molecule has 0 aliphatic heterocycles. The van der Waals surface area contributed by atoms with Crippen LogP contribution < -0.4 is 9.48 Å². The van der Waals surface area contributed by atoms with E-state index in [9.17, 15) is 14.4 Å². The summed E-state index contributed by atoms with van der Waals surface area (Å²) in [6, 6.07) is 9.68. The molecule has 0 saturated heterocycles. The lowest BCUT2D eigenvalue weighted by Crippen LogP contribution is -2.18. The Morgan fingerprint density at radius 1 is 0.714 bits per heavy atom. The zero-order valence-corrected chi connectivity index (χ0v) is 19.8. The minimum atomic E-state index is -0.613. The zero-order valence-electron chi connectivity index (χ0n) is 13.5. The Kier molecular flexibility index (Phi) is 5.50. The zero-order chi connectivity index (χ0) is 20.2. The van der Waals surface area contributed by atoms with Crippen molar-refractivity contribution in [2.45, 2.75) is 0 Å². The van der Waals surface area contributed by atoms with Crippen molar-refractivity contribution in [1.82, 2.24) is 0 Å². The molecule has 0 radical (unpaired) electrons. The van der Waals surface area contributed by atoms with E-state index in [-0.39, 0.29) is 11.1 Å². The second-order valence-electron chi connectivity index (χ2n) is 5.84. The van der Waals surface area contributed by atoms with E-state index in [1.807, 2.05) is 0 Å². The average molecular weight is 577 g/mol. The lowest BCUT2D eigenvalue weighted by atomic mass is 10.1. The van der Waals surface area contributed by atoms with E-state index in [0.717, 1.165) is 22.7 Å². The maximum absolute atomic E-state index is 13.0. The molecule has 0 spiro atoms. The molecule has 2 heterocycles. The molecule has 4 aromatic rings. The second-order valence-corrected chi connectivity index (χ2v) is 10.4. The smallest absolute Gasteiger partial charge is 0.244 e. The third kappa shape index (κ3) is 3.60. The molecule has 0 saturated carbocycles. The molecule has 0 N–H and O–H groups in total. The van der Waals surface area contributed by atoms with Gasteiger partial charge in [0.05, 0.1) is 20.5 Å². The van der Waals surface area contributed by atoms with Gasteiger partial charge < -0.3 is 0 Å². The quantitative estimate of drug-likeness (QED) is 0.244. The van der Waals surface area contributed by atoms with Gasteiger partial charge >= 0.3 is 0 Å². The van der Waals surface area contributed by atoms with Crippen LogP contribution in [0, 0.1) is 0 Å². The third-order valence-corrected chi connectivity index (χ3v) is 8.33. The predicted octanol–water partition coefficient (Wildman–Crippen LogP) is 6.90. The first-order valence-corrected chi connectivity index (χ1v) is 11.6. The van der Waals surface area contributed by atoms with Gasteiger partial charge in [0.2, 0.25) is 15.3 Å². The molecule has 0 amide bonds. The van der Waals surface area contributed by atoms with Gasteiger partial charge in [0, 0.05) is 19.0 Å². The Balaban J connectivity index is 1.95. The molecule has 0 bridgehead atoms. The normalized spacial score (nSPS) is 11.3. The summed E-state index contributed by atoms with van der Waals surface area (Å²) in [7, 11) is 0. The molecule has 0 aliphatic carbocycles. The van der Waals surface area contributed by atoms with Gasteiger partial charge in [0.1, 0.15) is 0 Å². The predicted molar refractivity (Wildman–Crippen MR) is 125 cm³/mol. The third-order valence-electron chi connectivity index (χ3n) is 3.99. The van der Waals surface area contributed by atoms with Crippen molar-refractivity contribution in [1.29, 1.82) is 0 Å². The molecule has 28 heavy (non-hydrogen) atoms. The standard InChI is InChI=1S/C19H6Br2Cl2O3S2/c20-13-5-9(22)1-7-3-11(18(25)27-16(7)13)15(24)12-4-8-2-10(23)6-14(21)17(8)28-19(12)26/h1-6H. The molecule has 2 aromatic heterocycles. The molecule has 0 aliphatic rings. The van der Waals surface area contributed by atoms with Crippen LogP contribution in [0.1, 0.15) is 15.9 Å². The summed E-state index contributed by atoms with van der Waals surface area (Å²) in [5.74, 6) is -0.613. The summed E-state index contributed by atoms with van der Waals surface area (Å²) < 4.78 is 1.88. The van der Waals surface area contributed by atoms with Gasteiger partial charge in [-0.3, -0.25) is 14.4 Å². The highest BCUT2D eigenvalue weighted by Crippen LogP contribution is 2.32. The Hall–Kier alpha value is -1.09. The van der Waals surface area contributed by atoms with E-state index in [4.69, 9.17) is 23.2 Å². The lowest BCUT2D eigenvalue weighted by molar-refractivity contribution is 0.103. The average Bonchev–Trinajstić information content (AvgIpc) is 2.61. The van der Waals surface area contributed by atoms with Gasteiger partial charge in [-0.1, -0.05) is 45.9 Å². The fraction of sp³-hybridized carbons (Fsp3) is 0. The Morgan fingerprint density at radius 2 is 1.11 bits per heavy atom. The molecular formula is C19H6Br2Cl2O3S2. The number of hydrogen-bond donors (Lipinski definition) is 0. The van der Waals surface area contributed by atoms with Crippen LogP contribution in [-0.4, -0.2) is 5.78 Å². The molecule has 2 aromatic carbocycles. The monoisotopic (exact) mass is 574 g/mol. The fourth-order valence-corrected chi connectivity index (χ4v) is 6.61. The summed E-state index contributed by atoms with van der Waals surface area (Å²) >= 11 is 20.8. The van der Waals surface area contributed by atoms with Crippen LogP contribution in [0.25, 0.3) is 20.2 Å². The number of benzene rings is 2. The number of carbonyl (C=O) groups excluding carboxylic acids is 1. The number of ketones is 1. The van der Waals surface area contributed by atoms with Gasteiger partial charge in [0.25, 0.3) is 0 Å². The van der Waals surface area contributed by atoms with Gasteiger partial charge in [-0.05, 0) is 79.0 Å². The van der Waals surface area contributed by atoms with Crippen molar-refractivity contribution in [2.75, 3.05) is 0 Å². The van der Waals surface area contributed by atoms with Gasteiger partial charge in [-0.25, -0.2) is 0 Å². The second kappa shape index (κ2) is 7.63. The molecule has 140 valence electrons. The van der Waals surface area contributed by atoms with Crippen molar-refractivity contribution in [2.24, 2.45) is 0 Å². The van der Waals surface area contributed by atoms with Crippen LogP contribution >= 0.6 is 77.7 Å². The maximum Gasteiger partial charge on any atom is 0.244 e. The van der Waals surface area contributed by atoms with E-state index in [1.165, 1.54) is 12.1 Å². The van der Waals surface area contributed by atoms with Crippen LogP contribution in [-0.2, 0) is 0 Å². The minimum Gasteiger partial charge on any atom is -0.288 e. The molecule has 4 rings (SSSR count). The van der Waals surface area contributed by atoms with Crippen LogP contribution in [0.5, 0.6) is 0 Å². The Morgan fingerprint density at radius 3 is 1.50 bits per heavy atom. The maximum atomic E-state index is 13.0. The van der Waals surface area contributed by atoms with E-state index in [2.05, 4.69) is 31.9 Å². The topological polar surface area (TPSA) is 51.2 Å². The first-order chi connectivity index (χ1) is 13.2. The molecule has 3 nitrogen and oxygen atoms in total. The van der Waals surface area contributed by atoms with Crippen molar-refractivity contribution in [3.63, 3.8) is 0 Å². The van der Waals surface area contributed by atoms with E-state index in [0.29, 0.717) is 39.2 Å². The van der Waals surface area contributed by atoms with Crippen LogP contribution in [0.2, 0.25) is 10.0 Å². The molecule has 0 unspecified atom stereocenters. The van der Waals surface area contributed by atoms with E-state index in [1.54, 1.807) is 24.3 Å². The van der Waals surface area contributed by atoms with Crippen molar-refractivity contribution < 1.29 is 4.79 Å². The van der Waals surface area contributed by atoms with Gasteiger partial charge in [-0.15, -0.1) is 0 Å². The first-order valence-electron chi connectivity index (χ1n) is 7.65. The van der Waals surface area contributed by atoms with Crippen LogP contribution in [0.4, 0.5) is 0 Å². The molecule has 0 atom stereocenters. The summed E-state index contributed by atoms with van der Waals surface area (Å²) in [6.45, 7) is 0. The van der Waals surface area contributed by atoms with Crippen molar-refractivity contribution >= 4 is 104 Å². The highest BCUT2D eigenvalue weighted by Gasteiger charge is 2.20. The summed E-state index contributed by atoms with van der Waals surface area (Å²) in [6.07, 6.45) is 0. The number of fused-ring (bicyclic) bond motifs is 2. The van der Waals surface area contributed by atoms with Gasteiger partial charge in [-0.2, -0.15) is 0 Å². The number of rotatable bonds is 2. The SMILES string of the molecule is O=C(c1cc2cc(Cl)cc(Br)c2sc1=O)c1cc2cc(Cl)cc(Br)c2sc1=O. The van der Waals surface area contributed by atoms with Crippen LogP contribution in [0.3, 0.4) is 0 Å². The largest absolute Gasteiger partial charge is 0.288 e. The minimum absolute atomic E-state index is 0.0589. The highest BCUT2D eigenvalue weighted by molar-refractivity contribution is 9.11. The fourth-order valence-electron chi connectivity index (χ4n) is 2.78. The first kappa shape index (κ1) is 20.2. The molecule has 9 heteroatoms. The number of hydrogen-bond acceptors (Lipinski definition) is 5. The number of halogens is 4. The van der Waals surface area contributed by atoms with Crippen molar-refractivity contribution in [3.8, 4) is 0 Å². The van der Waals surface area contributed by atoms with E-state index >= 15 is 0 Å². The summed E-state index contributed by atoms with van der Waals surface area (Å²) in [5, 5.41) is 2.24. The Bertz CT molecular complexity index is 1320. The van der Waals surface area contributed by atoms with Gasteiger partial charge in [0.15, 0.2) is 0 Å². The number of carbonyl (C=O) groups is 1. The summed E-state index contributed by atoms with van der Waals surface area (Å²) in [5.41, 5.74) is -0.118. The van der Waals surface area contributed by atoms with E-state index < -0.39 is 15.3 Å². The lowest BCUT2D eigenvalue weighted by Gasteiger charge is -2.06. The highest BCUT2D eigenvalue weighted by atomic mass is 79.9. The molecule has 0 fully saturated rings. The molecular weight excluding hydrogens is 571 g/mol. The van der Waals surface area contributed by atoms with Crippen LogP contribution in [0.15, 0.2) is 54.9 Å². The van der Waals surface area contributed by atoms with Crippen molar-refractivity contribution in [3.05, 3.63) is 85.6 Å².